The van der Waals surface area contributed by atoms with E-state index in [1.54, 1.807) is 0 Å². The van der Waals surface area contributed by atoms with Crippen LogP contribution in [0.2, 0.25) is 0 Å². The zero-order valence-corrected chi connectivity index (χ0v) is 13.5. The van der Waals surface area contributed by atoms with Crippen molar-refractivity contribution in [2.24, 2.45) is 0 Å². The second kappa shape index (κ2) is 9.15. The molecule has 5 nitrogen and oxygen atoms in total. The molecule has 1 heterocycles. The van der Waals surface area contributed by atoms with Crippen molar-refractivity contribution in [2.75, 3.05) is 13.2 Å². The van der Waals surface area contributed by atoms with Gasteiger partial charge in [0.1, 0.15) is 24.4 Å². The quantitative estimate of drug-likeness (QED) is 0.567. The Morgan fingerprint density at radius 3 is 2.78 bits per heavy atom. The van der Waals surface area contributed by atoms with Crippen LogP contribution >= 0.6 is 0 Å². The molecular weight excluding hydrogens is 296 g/mol. The van der Waals surface area contributed by atoms with Gasteiger partial charge in [0.2, 0.25) is 0 Å². The number of hydrogen-bond donors (Lipinski definition) is 2. The first kappa shape index (κ1) is 18.1. The van der Waals surface area contributed by atoms with E-state index in [0.717, 1.165) is 18.4 Å². The summed E-state index contributed by atoms with van der Waals surface area (Å²) in [5.74, 6) is 0. The molecule has 0 aliphatic carbocycles. The maximum atomic E-state index is 10.2. The molecule has 0 saturated carbocycles. The molecule has 0 aromatic heterocycles. The maximum absolute atomic E-state index is 10.2. The predicted octanol–water partition coefficient (Wildman–Crippen LogP) is 2.19. The summed E-state index contributed by atoms with van der Waals surface area (Å²) in [5, 5.41) is 20.4. The molecule has 1 aliphatic heterocycles. The molecule has 23 heavy (non-hydrogen) atoms. The Morgan fingerprint density at radius 1 is 1.39 bits per heavy atom. The van der Waals surface area contributed by atoms with Gasteiger partial charge < -0.3 is 24.4 Å². The average molecular weight is 322 g/mol. The highest BCUT2D eigenvalue weighted by Crippen LogP contribution is 2.29. The van der Waals surface area contributed by atoms with E-state index in [-0.39, 0.29) is 6.61 Å². The van der Waals surface area contributed by atoms with Crippen LogP contribution in [0.3, 0.4) is 0 Å². The minimum atomic E-state index is -0.916. The molecule has 2 N–H and O–H groups in total. The Kier molecular flexibility index (Phi) is 7.20. The van der Waals surface area contributed by atoms with Crippen LogP contribution in [0, 0.1) is 0 Å². The van der Waals surface area contributed by atoms with Crippen LogP contribution < -0.4 is 0 Å². The fourth-order valence-electron chi connectivity index (χ4n) is 2.52. The first-order chi connectivity index (χ1) is 11.2. The molecule has 5 atom stereocenters. The van der Waals surface area contributed by atoms with Gasteiger partial charge in [0.25, 0.3) is 0 Å². The van der Waals surface area contributed by atoms with Crippen molar-refractivity contribution >= 4 is 0 Å². The van der Waals surface area contributed by atoms with E-state index in [1.807, 2.05) is 30.3 Å². The standard InChI is InChI=1S/C18H26O5/c1-3-5-11-21-16(14(19)4-2)17-15(20)12-22-18(23-17)13-9-7-6-8-10-13/h4,6-10,14-20H,2-3,5,11-12H2,1H3/t14-,15-,16-,17-,18?/m1/s1. The fourth-order valence-corrected chi connectivity index (χ4v) is 2.52. The topological polar surface area (TPSA) is 68.2 Å². The van der Waals surface area contributed by atoms with Crippen molar-refractivity contribution in [3.8, 4) is 0 Å². The molecular formula is C18H26O5. The minimum Gasteiger partial charge on any atom is -0.388 e. The van der Waals surface area contributed by atoms with Crippen LogP contribution in [0.25, 0.3) is 0 Å². The molecule has 1 saturated heterocycles. The lowest BCUT2D eigenvalue weighted by atomic mass is 10.0. The van der Waals surface area contributed by atoms with Crippen molar-refractivity contribution in [3.05, 3.63) is 48.6 Å². The van der Waals surface area contributed by atoms with Gasteiger partial charge >= 0.3 is 0 Å². The van der Waals surface area contributed by atoms with Gasteiger partial charge in [-0.2, -0.15) is 0 Å². The summed E-state index contributed by atoms with van der Waals surface area (Å²) in [6.07, 6.45) is -0.457. The molecule has 0 bridgehead atoms. The van der Waals surface area contributed by atoms with E-state index in [2.05, 4.69) is 13.5 Å². The van der Waals surface area contributed by atoms with E-state index in [4.69, 9.17) is 14.2 Å². The van der Waals surface area contributed by atoms with Crippen molar-refractivity contribution in [1.29, 1.82) is 0 Å². The van der Waals surface area contributed by atoms with Crippen LogP contribution in [-0.2, 0) is 14.2 Å². The highest BCUT2D eigenvalue weighted by molar-refractivity contribution is 5.16. The molecule has 128 valence electrons. The van der Waals surface area contributed by atoms with Gasteiger partial charge in [-0.25, -0.2) is 0 Å². The van der Waals surface area contributed by atoms with Gasteiger partial charge in [-0.3, -0.25) is 0 Å². The molecule has 5 heteroatoms. The molecule has 0 spiro atoms. The molecule has 0 radical (unpaired) electrons. The Bertz CT molecular complexity index is 464. The van der Waals surface area contributed by atoms with Crippen molar-refractivity contribution in [3.63, 3.8) is 0 Å². The third kappa shape index (κ3) is 4.86. The van der Waals surface area contributed by atoms with Gasteiger partial charge in [-0.15, -0.1) is 6.58 Å². The van der Waals surface area contributed by atoms with Gasteiger partial charge in [0.15, 0.2) is 6.29 Å². The van der Waals surface area contributed by atoms with E-state index in [9.17, 15) is 10.2 Å². The van der Waals surface area contributed by atoms with Gasteiger partial charge in [0.05, 0.1) is 6.61 Å². The molecule has 1 aliphatic rings. The number of aliphatic hydroxyl groups excluding tert-OH is 2. The minimum absolute atomic E-state index is 0.127. The second-order valence-electron chi connectivity index (χ2n) is 5.66. The predicted molar refractivity (Wildman–Crippen MR) is 86.9 cm³/mol. The monoisotopic (exact) mass is 322 g/mol. The highest BCUT2D eigenvalue weighted by atomic mass is 16.7. The third-order valence-electron chi connectivity index (χ3n) is 3.86. The lowest BCUT2D eigenvalue weighted by molar-refractivity contribution is -0.286. The molecule has 1 aromatic carbocycles. The summed E-state index contributed by atoms with van der Waals surface area (Å²) >= 11 is 0. The van der Waals surface area contributed by atoms with Crippen LogP contribution in [0.5, 0.6) is 0 Å². The molecule has 1 unspecified atom stereocenters. The first-order valence-corrected chi connectivity index (χ1v) is 8.09. The van der Waals surface area contributed by atoms with E-state index < -0.39 is 30.7 Å². The average Bonchev–Trinajstić information content (AvgIpc) is 2.60. The van der Waals surface area contributed by atoms with Crippen LogP contribution in [0.4, 0.5) is 0 Å². The normalized spacial score (nSPS) is 27.3. The van der Waals surface area contributed by atoms with Crippen molar-refractivity contribution in [1.82, 2.24) is 0 Å². The van der Waals surface area contributed by atoms with Crippen LogP contribution in [0.15, 0.2) is 43.0 Å². The lowest BCUT2D eigenvalue weighted by Crippen LogP contribution is -2.52. The SMILES string of the molecule is C=C[C@@H](O)[C@@H](OCCCC)[C@@H]1OC(c2ccccc2)OC[C@H]1O. The van der Waals surface area contributed by atoms with Crippen molar-refractivity contribution in [2.45, 2.75) is 50.5 Å². The summed E-state index contributed by atoms with van der Waals surface area (Å²) in [7, 11) is 0. The Labute approximate surface area is 137 Å². The largest absolute Gasteiger partial charge is 0.388 e. The van der Waals surface area contributed by atoms with Gasteiger partial charge in [0, 0.05) is 12.2 Å². The summed E-state index contributed by atoms with van der Waals surface area (Å²) in [5.41, 5.74) is 0.866. The van der Waals surface area contributed by atoms with E-state index in [1.165, 1.54) is 6.08 Å². The smallest absolute Gasteiger partial charge is 0.184 e. The van der Waals surface area contributed by atoms with E-state index >= 15 is 0 Å². The molecule has 1 fully saturated rings. The number of unbranched alkanes of at least 4 members (excludes halogenated alkanes) is 1. The number of aliphatic hydroxyl groups is 2. The summed E-state index contributed by atoms with van der Waals surface area (Å²) in [4.78, 5) is 0. The second-order valence-corrected chi connectivity index (χ2v) is 5.66. The number of benzene rings is 1. The molecule has 2 rings (SSSR count). The Hall–Kier alpha value is -1.24. The van der Waals surface area contributed by atoms with Gasteiger partial charge in [-0.05, 0) is 6.42 Å². The van der Waals surface area contributed by atoms with Gasteiger partial charge in [-0.1, -0.05) is 49.8 Å². The number of rotatable bonds is 8. The Morgan fingerprint density at radius 2 is 2.13 bits per heavy atom. The lowest BCUT2D eigenvalue weighted by Gasteiger charge is -2.39. The molecule has 0 amide bonds. The highest BCUT2D eigenvalue weighted by Gasteiger charge is 2.40. The van der Waals surface area contributed by atoms with Crippen molar-refractivity contribution < 1.29 is 24.4 Å². The Balaban J connectivity index is 2.10. The van der Waals surface area contributed by atoms with E-state index in [0.29, 0.717) is 6.61 Å². The van der Waals surface area contributed by atoms with Crippen LogP contribution in [0.1, 0.15) is 31.6 Å². The first-order valence-electron chi connectivity index (χ1n) is 8.09. The fraction of sp³-hybridized carbons (Fsp3) is 0.556. The molecule has 1 aromatic rings. The maximum Gasteiger partial charge on any atom is 0.184 e. The van der Waals surface area contributed by atoms with Crippen LogP contribution in [-0.4, -0.2) is 47.8 Å². The zero-order valence-electron chi connectivity index (χ0n) is 13.5. The summed E-state index contributed by atoms with van der Waals surface area (Å²) in [6.45, 7) is 6.29. The summed E-state index contributed by atoms with van der Waals surface area (Å²) < 4.78 is 17.2. The number of hydrogen-bond acceptors (Lipinski definition) is 5. The summed E-state index contributed by atoms with van der Waals surface area (Å²) in [6, 6.07) is 9.51. The zero-order chi connectivity index (χ0) is 16.7. The third-order valence-corrected chi connectivity index (χ3v) is 3.86. The number of ether oxygens (including phenoxy) is 3.